The molecule has 0 saturated carbocycles. The Morgan fingerprint density at radius 2 is 2.45 bits per heavy atom. The molecule has 0 aliphatic carbocycles. The van der Waals surface area contributed by atoms with Crippen LogP contribution in [0.5, 0.6) is 0 Å². The van der Waals surface area contributed by atoms with Crippen LogP contribution in [0.4, 0.5) is 0 Å². The Labute approximate surface area is 69.8 Å². The minimum atomic E-state index is -0.411. The Hall–Kier alpha value is -1.04. The lowest BCUT2D eigenvalue weighted by Gasteiger charge is -1.90. The Kier molecular flexibility index (Phi) is 2.91. The molecule has 0 aliphatic rings. The predicted octanol–water partition coefficient (Wildman–Crippen LogP) is 1.52. The van der Waals surface area contributed by atoms with E-state index in [4.69, 9.17) is 11.6 Å². The molecule has 0 aromatic carbocycles. The monoisotopic (exact) mass is 166 g/mol. The van der Waals surface area contributed by atoms with Gasteiger partial charge in [0.2, 0.25) is 0 Å². The van der Waals surface area contributed by atoms with Crippen LogP contribution in [0, 0.1) is 11.8 Å². The molecule has 0 atom stereocenters. The molecule has 0 unspecified atom stereocenters. The maximum atomic E-state index is 9.98. The zero-order valence-electron chi connectivity index (χ0n) is 5.67. The van der Waals surface area contributed by atoms with Gasteiger partial charge in [-0.3, -0.25) is 0 Å². The van der Waals surface area contributed by atoms with Gasteiger partial charge in [0, 0.05) is 6.20 Å². The highest BCUT2D eigenvalue weighted by Crippen LogP contribution is 2.08. The van der Waals surface area contributed by atoms with Crippen LogP contribution >= 0.6 is 11.6 Å². The van der Waals surface area contributed by atoms with Crippen molar-refractivity contribution in [3.8, 4) is 11.8 Å². The van der Waals surface area contributed by atoms with E-state index in [0.29, 0.717) is 10.7 Å². The highest BCUT2D eigenvalue weighted by atomic mass is 35.5. The van der Waals surface area contributed by atoms with Crippen molar-refractivity contribution in [2.75, 3.05) is 6.61 Å². The third-order valence-electron chi connectivity index (χ3n) is 1.05. The molecule has 55 valence electrons. The number of aromatic nitrogens is 1. The molecule has 11 heavy (non-hydrogen) atoms. The third kappa shape index (κ3) is 2.23. The molecule has 3 heteroatoms. The fourth-order valence-corrected chi connectivity index (χ4v) is 0.777. The summed E-state index contributed by atoms with van der Waals surface area (Å²) in [4.78, 5) is 3.79. The zero-order valence-corrected chi connectivity index (χ0v) is 6.43. The van der Waals surface area contributed by atoms with Gasteiger partial charge >= 0.3 is 0 Å². The van der Waals surface area contributed by atoms with Gasteiger partial charge < -0.3 is 0 Å². The molecule has 1 radical (unpaired) electrons. The third-order valence-corrected chi connectivity index (χ3v) is 1.36. The van der Waals surface area contributed by atoms with Crippen LogP contribution < -0.4 is 0 Å². The van der Waals surface area contributed by atoms with Crippen molar-refractivity contribution in [2.45, 2.75) is 0 Å². The van der Waals surface area contributed by atoms with Gasteiger partial charge in [0.15, 0.2) is 0 Å². The Morgan fingerprint density at radius 3 is 3.09 bits per heavy atom. The van der Waals surface area contributed by atoms with Crippen molar-refractivity contribution in [1.82, 2.24) is 4.98 Å². The van der Waals surface area contributed by atoms with Crippen molar-refractivity contribution in [2.24, 2.45) is 0 Å². The first-order chi connectivity index (χ1) is 5.34. The molecule has 0 saturated heterocycles. The highest BCUT2D eigenvalue weighted by molar-refractivity contribution is 6.30. The Bertz CT molecular complexity index is 300. The summed E-state index contributed by atoms with van der Waals surface area (Å²) in [7, 11) is 0. The minimum Gasteiger partial charge on any atom is -0.243 e. The Morgan fingerprint density at radius 1 is 1.64 bits per heavy atom. The van der Waals surface area contributed by atoms with Gasteiger partial charge in [0.05, 0.1) is 5.56 Å². The maximum Gasteiger partial charge on any atom is 0.144 e. The molecular weight excluding hydrogens is 162 g/mol. The first-order valence-electron chi connectivity index (χ1n) is 3.02. The summed E-state index contributed by atoms with van der Waals surface area (Å²) in [6.45, 7) is -0.411. The summed E-state index contributed by atoms with van der Waals surface area (Å²) in [6, 6.07) is 3.44. The van der Waals surface area contributed by atoms with Crippen LogP contribution in [0.3, 0.4) is 0 Å². The lowest BCUT2D eigenvalue weighted by atomic mass is 10.3. The fraction of sp³-hybridized carbons (Fsp3) is 0.125. The summed E-state index contributed by atoms with van der Waals surface area (Å²) in [5.41, 5.74) is 0.602. The molecule has 0 fully saturated rings. The zero-order chi connectivity index (χ0) is 8.10. The Balaban J connectivity index is 2.95. The van der Waals surface area contributed by atoms with Gasteiger partial charge in [-0.1, -0.05) is 23.4 Å². The summed E-state index contributed by atoms with van der Waals surface area (Å²) in [5, 5.41) is 10.3. The van der Waals surface area contributed by atoms with Crippen molar-refractivity contribution < 1.29 is 5.11 Å². The average molecular weight is 167 g/mol. The number of nitrogens with zero attached hydrogens (tertiary/aromatic N) is 1. The van der Waals surface area contributed by atoms with E-state index in [9.17, 15) is 5.11 Å². The molecular formula is C8H5ClNO. The summed E-state index contributed by atoms with van der Waals surface area (Å²) in [5.74, 6) is 4.98. The van der Waals surface area contributed by atoms with Crippen molar-refractivity contribution >= 4 is 11.6 Å². The fourth-order valence-electron chi connectivity index (χ4n) is 0.611. The van der Waals surface area contributed by atoms with E-state index in [1.165, 1.54) is 0 Å². The molecule has 1 rings (SSSR count). The second-order valence-corrected chi connectivity index (χ2v) is 2.15. The van der Waals surface area contributed by atoms with E-state index in [1.54, 1.807) is 18.3 Å². The summed E-state index contributed by atoms with van der Waals surface area (Å²) in [6.07, 6.45) is 1.57. The smallest absolute Gasteiger partial charge is 0.144 e. The maximum absolute atomic E-state index is 9.98. The largest absolute Gasteiger partial charge is 0.243 e. The molecule has 0 bridgehead atoms. The van der Waals surface area contributed by atoms with E-state index >= 15 is 0 Å². The van der Waals surface area contributed by atoms with Crippen LogP contribution in [-0.2, 0) is 5.11 Å². The summed E-state index contributed by atoms with van der Waals surface area (Å²) < 4.78 is 0. The van der Waals surface area contributed by atoms with Gasteiger partial charge in [0.25, 0.3) is 0 Å². The van der Waals surface area contributed by atoms with Crippen LogP contribution in [0.25, 0.3) is 0 Å². The van der Waals surface area contributed by atoms with Crippen molar-refractivity contribution in [3.05, 3.63) is 29.0 Å². The summed E-state index contributed by atoms with van der Waals surface area (Å²) >= 11 is 5.64. The first-order valence-corrected chi connectivity index (χ1v) is 3.40. The SMILES string of the molecule is [O]CC#Cc1cccnc1Cl. The molecule has 0 spiro atoms. The predicted molar refractivity (Wildman–Crippen MR) is 41.7 cm³/mol. The van der Waals surface area contributed by atoms with Crippen LogP contribution in [0.15, 0.2) is 18.3 Å². The standard InChI is InChI=1S/C8H5ClNO/c9-8-7(4-2-6-11)3-1-5-10-8/h1,3,5H,6H2. The van der Waals surface area contributed by atoms with Gasteiger partial charge in [-0.2, -0.15) is 0 Å². The number of hydrogen-bond acceptors (Lipinski definition) is 1. The second kappa shape index (κ2) is 3.97. The highest BCUT2D eigenvalue weighted by Gasteiger charge is 1.93. The molecule has 0 N–H and O–H groups in total. The molecule has 2 nitrogen and oxygen atoms in total. The van der Waals surface area contributed by atoms with E-state index in [2.05, 4.69) is 16.8 Å². The number of pyridine rings is 1. The molecule has 1 aromatic heterocycles. The van der Waals surface area contributed by atoms with Crippen LogP contribution in [0.2, 0.25) is 5.15 Å². The minimum absolute atomic E-state index is 0.341. The van der Waals surface area contributed by atoms with Crippen molar-refractivity contribution in [1.29, 1.82) is 0 Å². The van der Waals surface area contributed by atoms with Gasteiger partial charge in [0.1, 0.15) is 11.8 Å². The average Bonchev–Trinajstić information content (AvgIpc) is 2.03. The van der Waals surface area contributed by atoms with E-state index in [0.717, 1.165) is 0 Å². The van der Waals surface area contributed by atoms with E-state index in [-0.39, 0.29) is 0 Å². The van der Waals surface area contributed by atoms with Gasteiger partial charge in [-0.25, -0.2) is 10.1 Å². The molecule has 1 aromatic rings. The molecule has 0 amide bonds. The van der Waals surface area contributed by atoms with Crippen LogP contribution in [0.1, 0.15) is 5.56 Å². The van der Waals surface area contributed by atoms with E-state index in [1.807, 2.05) is 0 Å². The normalized spacial score (nSPS) is 8.55. The van der Waals surface area contributed by atoms with E-state index < -0.39 is 6.61 Å². The number of halogens is 1. The second-order valence-electron chi connectivity index (χ2n) is 1.79. The first kappa shape index (κ1) is 8.06. The molecule has 1 heterocycles. The topological polar surface area (TPSA) is 32.8 Å². The lowest BCUT2D eigenvalue weighted by Crippen LogP contribution is -1.80. The van der Waals surface area contributed by atoms with Gasteiger partial charge in [-0.05, 0) is 12.1 Å². The van der Waals surface area contributed by atoms with Crippen LogP contribution in [-0.4, -0.2) is 11.6 Å². The molecule has 0 aliphatic heterocycles. The van der Waals surface area contributed by atoms with Gasteiger partial charge in [-0.15, -0.1) is 0 Å². The quantitative estimate of drug-likeness (QED) is 0.425. The number of hydrogen-bond donors (Lipinski definition) is 0. The lowest BCUT2D eigenvalue weighted by molar-refractivity contribution is 0.239. The van der Waals surface area contributed by atoms with Crippen molar-refractivity contribution in [3.63, 3.8) is 0 Å². The number of rotatable bonds is 0.